The molecule has 5 nitrogen and oxygen atoms in total. The molecule has 2 aromatic rings. The van der Waals surface area contributed by atoms with Crippen LogP contribution in [0, 0.1) is 5.41 Å². The maximum Gasteiger partial charge on any atom is 0.269 e. The monoisotopic (exact) mass is 420 g/mol. The molecule has 0 spiro atoms. The molecule has 0 aliphatic heterocycles. The fraction of sp³-hybridized carbons (Fsp3) is 0.476. The molecular formula is C21H28N2O3S2. The summed E-state index contributed by atoms with van der Waals surface area (Å²) in [5, 5.41) is 6.81. The van der Waals surface area contributed by atoms with Gasteiger partial charge in [-0.1, -0.05) is 34.1 Å². The van der Waals surface area contributed by atoms with Gasteiger partial charge in [-0.25, -0.2) is 0 Å². The number of thiazole rings is 1. The largest absolute Gasteiger partial charge is 0.352 e. The standard InChI is InChI=1S/C21H28N2O3S2/c1-6-7-14(2)22-18(25)12-23-19(11-17(24)21(3,4)5)28-16(20(23)26)10-15-8-9-27-13-15/h8-11,13-14H,6-7,12H2,1-5H3,(H,22,25)/b16-10-,19-11+. The molecular weight excluding hydrogens is 392 g/mol. The first-order valence-corrected chi connectivity index (χ1v) is 11.2. The van der Waals surface area contributed by atoms with E-state index in [0.717, 1.165) is 18.4 Å². The van der Waals surface area contributed by atoms with Crippen molar-refractivity contribution in [3.05, 3.63) is 41.9 Å². The zero-order valence-electron chi connectivity index (χ0n) is 17.1. The molecule has 1 unspecified atom stereocenters. The highest BCUT2D eigenvalue weighted by Gasteiger charge is 2.20. The predicted octanol–water partition coefficient (Wildman–Crippen LogP) is 2.50. The zero-order chi connectivity index (χ0) is 20.9. The summed E-state index contributed by atoms with van der Waals surface area (Å²) in [4.78, 5) is 37.9. The summed E-state index contributed by atoms with van der Waals surface area (Å²) < 4.78 is 2.42. The van der Waals surface area contributed by atoms with E-state index in [0.29, 0.717) is 9.20 Å². The highest BCUT2D eigenvalue weighted by atomic mass is 32.1. The molecule has 0 bridgehead atoms. The normalized spacial score (nSPS) is 14.3. The summed E-state index contributed by atoms with van der Waals surface area (Å²) in [5.41, 5.74) is 0.132. The second-order valence-corrected chi connectivity index (χ2v) is 9.75. The second kappa shape index (κ2) is 9.47. The highest BCUT2D eigenvalue weighted by molar-refractivity contribution is 7.08. The van der Waals surface area contributed by atoms with Gasteiger partial charge in [-0.15, -0.1) is 11.3 Å². The van der Waals surface area contributed by atoms with E-state index >= 15 is 0 Å². The highest BCUT2D eigenvalue weighted by Crippen LogP contribution is 2.14. The van der Waals surface area contributed by atoms with Crippen molar-refractivity contribution in [3.8, 4) is 0 Å². The molecule has 0 aliphatic carbocycles. The second-order valence-electron chi connectivity index (χ2n) is 7.91. The van der Waals surface area contributed by atoms with Gasteiger partial charge in [-0.2, -0.15) is 11.3 Å². The maximum atomic E-state index is 12.9. The van der Waals surface area contributed by atoms with Crippen LogP contribution in [0.5, 0.6) is 0 Å². The van der Waals surface area contributed by atoms with Gasteiger partial charge in [0.25, 0.3) is 5.56 Å². The molecule has 152 valence electrons. The van der Waals surface area contributed by atoms with Gasteiger partial charge < -0.3 is 5.32 Å². The number of carbonyl (C=O) groups excluding carboxylic acids is 2. The Morgan fingerprint density at radius 1 is 1.32 bits per heavy atom. The van der Waals surface area contributed by atoms with Crippen molar-refractivity contribution in [2.24, 2.45) is 5.41 Å². The van der Waals surface area contributed by atoms with Crippen LogP contribution in [0.15, 0.2) is 21.6 Å². The number of carbonyl (C=O) groups is 2. The predicted molar refractivity (Wildman–Crippen MR) is 117 cm³/mol. The molecule has 0 aromatic carbocycles. The lowest BCUT2D eigenvalue weighted by molar-refractivity contribution is -0.122. The van der Waals surface area contributed by atoms with Crippen LogP contribution in [0.2, 0.25) is 0 Å². The molecule has 2 rings (SSSR count). The third-order valence-corrected chi connectivity index (χ3v) is 5.96. The molecule has 0 aliphatic rings. The molecule has 1 atom stereocenters. The average molecular weight is 421 g/mol. The van der Waals surface area contributed by atoms with Crippen molar-refractivity contribution in [3.63, 3.8) is 0 Å². The number of hydrogen-bond donors (Lipinski definition) is 1. The average Bonchev–Trinajstić information content (AvgIpc) is 3.18. The number of hydrogen-bond acceptors (Lipinski definition) is 5. The van der Waals surface area contributed by atoms with Crippen LogP contribution in [-0.4, -0.2) is 22.3 Å². The fourth-order valence-electron chi connectivity index (χ4n) is 2.60. The fourth-order valence-corrected chi connectivity index (χ4v) is 4.26. The summed E-state index contributed by atoms with van der Waals surface area (Å²) in [6.07, 6.45) is 5.14. The third-order valence-electron chi connectivity index (χ3n) is 4.20. The molecule has 28 heavy (non-hydrogen) atoms. The van der Waals surface area contributed by atoms with Crippen molar-refractivity contribution in [2.75, 3.05) is 0 Å². The van der Waals surface area contributed by atoms with Gasteiger partial charge in [0.15, 0.2) is 5.78 Å². The minimum absolute atomic E-state index is 0.0484. The molecule has 0 radical (unpaired) electrons. The SMILES string of the molecule is CCCC(C)NC(=O)Cn1c(=O)/c(=C/c2ccsc2)s/c1=C/C(=O)C(C)(C)C. The number of ketones is 1. The summed E-state index contributed by atoms with van der Waals surface area (Å²) in [6.45, 7) is 9.41. The van der Waals surface area contributed by atoms with E-state index < -0.39 is 5.41 Å². The summed E-state index contributed by atoms with van der Waals surface area (Å²) in [6, 6.07) is 1.98. The van der Waals surface area contributed by atoms with Crippen LogP contribution in [-0.2, 0) is 16.1 Å². The zero-order valence-corrected chi connectivity index (χ0v) is 18.7. The van der Waals surface area contributed by atoms with E-state index in [1.54, 1.807) is 17.4 Å². The first kappa shape index (κ1) is 22.3. The third kappa shape index (κ3) is 6.01. The van der Waals surface area contributed by atoms with E-state index in [-0.39, 0.29) is 29.8 Å². The Labute approximate surface area is 173 Å². The number of nitrogens with zero attached hydrogens (tertiary/aromatic N) is 1. The molecule has 1 amide bonds. The van der Waals surface area contributed by atoms with Crippen LogP contribution in [0.4, 0.5) is 0 Å². The lowest BCUT2D eigenvalue weighted by Crippen LogP contribution is -2.41. The Kier molecular flexibility index (Phi) is 7.55. The van der Waals surface area contributed by atoms with Gasteiger partial charge in [-0.05, 0) is 41.8 Å². The molecule has 0 saturated carbocycles. The molecule has 1 N–H and O–H groups in total. The van der Waals surface area contributed by atoms with E-state index in [1.807, 2.05) is 44.5 Å². The van der Waals surface area contributed by atoms with Gasteiger partial charge in [0.1, 0.15) is 11.2 Å². The first-order chi connectivity index (χ1) is 13.1. The van der Waals surface area contributed by atoms with Gasteiger partial charge in [0, 0.05) is 17.5 Å². The topological polar surface area (TPSA) is 68.2 Å². The van der Waals surface area contributed by atoms with Crippen molar-refractivity contribution < 1.29 is 9.59 Å². The lowest BCUT2D eigenvalue weighted by atomic mass is 9.91. The molecule has 7 heteroatoms. The molecule has 2 aromatic heterocycles. The van der Waals surface area contributed by atoms with E-state index in [4.69, 9.17) is 0 Å². The molecule has 0 fully saturated rings. The summed E-state index contributed by atoms with van der Waals surface area (Å²) >= 11 is 2.79. The lowest BCUT2D eigenvalue weighted by Gasteiger charge is -2.14. The van der Waals surface area contributed by atoms with Gasteiger partial charge in [0.05, 0.1) is 4.53 Å². The van der Waals surface area contributed by atoms with Gasteiger partial charge in [0.2, 0.25) is 5.91 Å². The van der Waals surface area contributed by atoms with Crippen LogP contribution < -0.4 is 20.1 Å². The van der Waals surface area contributed by atoms with Crippen LogP contribution in [0.25, 0.3) is 12.2 Å². The number of aromatic nitrogens is 1. The van der Waals surface area contributed by atoms with E-state index in [1.165, 1.54) is 22.0 Å². The Morgan fingerprint density at radius 3 is 2.61 bits per heavy atom. The van der Waals surface area contributed by atoms with Crippen LogP contribution in [0.1, 0.15) is 53.0 Å². The van der Waals surface area contributed by atoms with Crippen LogP contribution >= 0.6 is 22.7 Å². The number of rotatable bonds is 7. The summed E-state index contributed by atoms with van der Waals surface area (Å²) in [7, 11) is 0. The Morgan fingerprint density at radius 2 is 2.04 bits per heavy atom. The Balaban J connectivity index is 2.48. The Hall–Kier alpha value is -1.99. The minimum atomic E-state index is -0.556. The van der Waals surface area contributed by atoms with Crippen molar-refractivity contribution in [1.82, 2.24) is 9.88 Å². The van der Waals surface area contributed by atoms with Gasteiger partial charge in [-0.3, -0.25) is 19.0 Å². The minimum Gasteiger partial charge on any atom is -0.352 e. The van der Waals surface area contributed by atoms with Crippen molar-refractivity contribution >= 4 is 46.5 Å². The number of nitrogens with one attached hydrogen (secondary N) is 1. The van der Waals surface area contributed by atoms with E-state index in [2.05, 4.69) is 12.2 Å². The quantitative estimate of drug-likeness (QED) is 0.748. The number of thiophene rings is 1. The maximum absolute atomic E-state index is 12.9. The summed E-state index contributed by atoms with van der Waals surface area (Å²) in [5.74, 6) is -0.301. The van der Waals surface area contributed by atoms with Crippen molar-refractivity contribution in [2.45, 2.75) is 60.0 Å². The first-order valence-electron chi connectivity index (χ1n) is 9.41. The van der Waals surface area contributed by atoms with E-state index in [9.17, 15) is 14.4 Å². The molecule has 0 saturated heterocycles. The number of amides is 1. The van der Waals surface area contributed by atoms with Crippen LogP contribution in [0.3, 0.4) is 0 Å². The number of Topliss-reactive ketones (excluding diaryl/α,β-unsaturated/α-hetero) is 1. The molecule has 2 heterocycles. The van der Waals surface area contributed by atoms with Gasteiger partial charge >= 0.3 is 0 Å². The smallest absolute Gasteiger partial charge is 0.269 e. The van der Waals surface area contributed by atoms with Crippen molar-refractivity contribution in [1.29, 1.82) is 0 Å². The Bertz CT molecular complexity index is 992.